The normalized spacial score (nSPS) is 15.9. The summed E-state index contributed by atoms with van der Waals surface area (Å²) in [5, 5.41) is 2.43. The lowest BCUT2D eigenvalue weighted by Gasteiger charge is -2.24. The first-order valence-corrected chi connectivity index (χ1v) is 7.88. The number of fused-ring (bicyclic) bond motifs is 1. The lowest BCUT2D eigenvalue weighted by molar-refractivity contribution is -0.122. The lowest BCUT2D eigenvalue weighted by atomic mass is 10.1. The number of hydrogen-bond donors (Lipinski definition) is 1. The molecule has 1 atom stereocenters. The van der Waals surface area contributed by atoms with Gasteiger partial charge in [-0.25, -0.2) is 0 Å². The van der Waals surface area contributed by atoms with E-state index in [2.05, 4.69) is 29.3 Å². The molecular formula is C18H20N2O4. The molecule has 6 nitrogen and oxygen atoms in total. The molecular weight excluding hydrogens is 308 g/mol. The highest BCUT2D eigenvalue weighted by Gasteiger charge is 2.26. The Hall–Kier alpha value is -2.76. The number of ether oxygens (including phenoxy) is 1. The zero-order chi connectivity index (χ0) is 17.1. The summed E-state index contributed by atoms with van der Waals surface area (Å²) in [4.78, 5) is 25.5. The number of carbonyl (C=O) groups excluding carboxylic acids is 1. The van der Waals surface area contributed by atoms with E-state index in [1.54, 1.807) is 0 Å². The number of rotatable bonds is 5. The third-order valence-electron chi connectivity index (χ3n) is 4.16. The fourth-order valence-electron chi connectivity index (χ4n) is 2.88. The molecule has 1 aliphatic rings. The van der Waals surface area contributed by atoms with Gasteiger partial charge >= 0.3 is 0 Å². The summed E-state index contributed by atoms with van der Waals surface area (Å²) in [7, 11) is 1.51. The summed E-state index contributed by atoms with van der Waals surface area (Å²) in [6.07, 6.45) is 2.25. The van der Waals surface area contributed by atoms with E-state index >= 15 is 0 Å². The Bertz CT molecular complexity index is 800. The van der Waals surface area contributed by atoms with E-state index in [0.717, 1.165) is 6.42 Å². The fraction of sp³-hybridized carbons (Fsp3) is 0.333. The third-order valence-corrected chi connectivity index (χ3v) is 4.16. The van der Waals surface area contributed by atoms with Crippen molar-refractivity contribution >= 4 is 11.6 Å². The molecule has 1 N–H and O–H groups in total. The maximum absolute atomic E-state index is 12.1. The van der Waals surface area contributed by atoms with Gasteiger partial charge in [0, 0.05) is 24.8 Å². The largest absolute Gasteiger partial charge is 0.477 e. The van der Waals surface area contributed by atoms with Crippen LogP contribution in [-0.2, 0) is 17.8 Å². The second-order valence-corrected chi connectivity index (χ2v) is 5.85. The van der Waals surface area contributed by atoms with Gasteiger partial charge in [0.25, 0.3) is 5.91 Å². The molecule has 1 amide bonds. The number of amides is 1. The Morgan fingerprint density at radius 2 is 2.21 bits per heavy atom. The second-order valence-electron chi connectivity index (χ2n) is 5.85. The van der Waals surface area contributed by atoms with Gasteiger partial charge in [-0.1, -0.05) is 18.2 Å². The molecule has 1 aliphatic heterocycles. The minimum atomic E-state index is -0.305. The number of carbonyl (C=O) groups is 1. The molecule has 24 heavy (non-hydrogen) atoms. The van der Waals surface area contributed by atoms with Gasteiger partial charge in [0.2, 0.25) is 11.2 Å². The Kier molecular flexibility index (Phi) is 4.55. The summed E-state index contributed by atoms with van der Waals surface area (Å²) in [5.74, 6) is 0.300. The van der Waals surface area contributed by atoms with Gasteiger partial charge < -0.3 is 19.4 Å². The molecule has 0 radical (unpaired) electrons. The predicted octanol–water partition coefficient (Wildman–Crippen LogP) is 1.72. The number of hydrogen-bond acceptors (Lipinski definition) is 5. The Morgan fingerprint density at radius 3 is 2.96 bits per heavy atom. The zero-order valence-electron chi connectivity index (χ0n) is 13.7. The Labute approximate surface area is 140 Å². The molecule has 3 rings (SSSR count). The molecule has 0 saturated heterocycles. The van der Waals surface area contributed by atoms with Crippen LogP contribution in [0.5, 0.6) is 5.75 Å². The minimum absolute atomic E-state index is 0.0391. The minimum Gasteiger partial charge on any atom is -0.477 e. The first kappa shape index (κ1) is 16.1. The molecule has 0 aliphatic carbocycles. The lowest BCUT2D eigenvalue weighted by Crippen LogP contribution is -2.29. The summed E-state index contributed by atoms with van der Waals surface area (Å²) in [6, 6.07) is 10.0. The van der Waals surface area contributed by atoms with E-state index in [1.165, 1.54) is 30.6 Å². The van der Waals surface area contributed by atoms with Crippen molar-refractivity contribution in [3.05, 3.63) is 58.1 Å². The van der Waals surface area contributed by atoms with E-state index in [0.29, 0.717) is 18.3 Å². The van der Waals surface area contributed by atoms with Crippen molar-refractivity contribution in [2.24, 2.45) is 0 Å². The highest BCUT2D eigenvalue weighted by Crippen LogP contribution is 2.32. The van der Waals surface area contributed by atoms with Crippen LogP contribution in [0.25, 0.3) is 0 Å². The first-order valence-electron chi connectivity index (χ1n) is 7.88. The van der Waals surface area contributed by atoms with Crippen LogP contribution in [0.15, 0.2) is 45.8 Å². The van der Waals surface area contributed by atoms with E-state index < -0.39 is 0 Å². The highest BCUT2D eigenvalue weighted by atomic mass is 16.5. The van der Waals surface area contributed by atoms with Crippen molar-refractivity contribution in [2.45, 2.75) is 25.9 Å². The first-order chi connectivity index (χ1) is 11.6. The van der Waals surface area contributed by atoms with Crippen LogP contribution in [0.1, 0.15) is 18.2 Å². The number of para-hydroxylation sites is 1. The molecule has 0 spiro atoms. The summed E-state index contributed by atoms with van der Waals surface area (Å²) >= 11 is 0. The summed E-state index contributed by atoms with van der Waals surface area (Å²) in [5.41, 5.74) is 2.19. The van der Waals surface area contributed by atoms with Crippen LogP contribution >= 0.6 is 0 Å². The SMILES string of the molecule is CNC(=O)COc1coc(CN2c3ccccc3C[C@@H]2C)cc1=O. The highest BCUT2D eigenvalue weighted by molar-refractivity contribution is 5.77. The molecule has 2 heterocycles. The molecule has 126 valence electrons. The van der Waals surface area contributed by atoms with Gasteiger partial charge in [0.1, 0.15) is 12.0 Å². The van der Waals surface area contributed by atoms with E-state index in [9.17, 15) is 9.59 Å². The maximum Gasteiger partial charge on any atom is 0.257 e. The molecule has 0 bridgehead atoms. The quantitative estimate of drug-likeness (QED) is 0.905. The van der Waals surface area contributed by atoms with Gasteiger partial charge in [-0.3, -0.25) is 9.59 Å². The van der Waals surface area contributed by atoms with E-state index in [4.69, 9.17) is 9.15 Å². The summed E-state index contributed by atoms with van der Waals surface area (Å²) < 4.78 is 10.7. The topological polar surface area (TPSA) is 71.8 Å². The van der Waals surface area contributed by atoms with Crippen LogP contribution in [0.2, 0.25) is 0 Å². The second kappa shape index (κ2) is 6.78. The van der Waals surface area contributed by atoms with Crippen molar-refractivity contribution < 1.29 is 13.9 Å². The van der Waals surface area contributed by atoms with Crippen molar-refractivity contribution in [1.29, 1.82) is 0 Å². The van der Waals surface area contributed by atoms with Gasteiger partial charge in [0.15, 0.2) is 6.61 Å². The van der Waals surface area contributed by atoms with Crippen molar-refractivity contribution in [2.75, 3.05) is 18.6 Å². The molecule has 0 saturated carbocycles. The Balaban J connectivity index is 1.74. The van der Waals surface area contributed by atoms with Crippen molar-refractivity contribution in [3.8, 4) is 5.75 Å². The van der Waals surface area contributed by atoms with E-state index in [-0.39, 0.29) is 23.7 Å². The Morgan fingerprint density at radius 1 is 1.42 bits per heavy atom. The number of nitrogens with zero attached hydrogens (tertiary/aromatic N) is 1. The standard InChI is InChI=1S/C18H20N2O4/c1-12-7-13-5-3-4-6-15(13)20(12)9-14-8-16(21)17(10-23-14)24-11-18(22)19-2/h3-6,8,10,12H,7,9,11H2,1-2H3,(H,19,22)/t12-/m0/s1. The zero-order valence-corrected chi connectivity index (χ0v) is 13.7. The van der Waals surface area contributed by atoms with Gasteiger partial charge in [-0.05, 0) is 25.0 Å². The van der Waals surface area contributed by atoms with Crippen LogP contribution in [0.4, 0.5) is 5.69 Å². The van der Waals surface area contributed by atoms with Crippen LogP contribution < -0.4 is 20.4 Å². The molecule has 0 unspecified atom stereocenters. The van der Waals surface area contributed by atoms with E-state index in [1.807, 2.05) is 12.1 Å². The average Bonchev–Trinajstić information content (AvgIpc) is 2.89. The molecule has 1 aromatic carbocycles. The molecule has 2 aromatic rings. The van der Waals surface area contributed by atoms with Crippen molar-refractivity contribution in [3.63, 3.8) is 0 Å². The number of nitrogens with one attached hydrogen (secondary N) is 1. The summed E-state index contributed by atoms with van der Waals surface area (Å²) in [6.45, 7) is 2.46. The van der Waals surface area contributed by atoms with Crippen LogP contribution in [0.3, 0.4) is 0 Å². The monoisotopic (exact) mass is 328 g/mol. The molecule has 1 aromatic heterocycles. The van der Waals surface area contributed by atoms with Gasteiger partial charge in [0.05, 0.1) is 6.54 Å². The molecule has 0 fully saturated rings. The predicted molar refractivity (Wildman–Crippen MR) is 90.3 cm³/mol. The third kappa shape index (κ3) is 3.27. The number of benzene rings is 1. The van der Waals surface area contributed by atoms with Crippen LogP contribution in [0, 0.1) is 0 Å². The fourth-order valence-corrected chi connectivity index (χ4v) is 2.88. The number of likely N-dealkylation sites (N-methyl/N-ethyl adjacent to an activating group) is 1. The molecule has 6 heteroatoms. The van der Waals surface area contributed by atoms with Gasteiger partial charge in [-0.2, -0.15) is 0 Å². The van der Waals surface area contributed by atoms with Crippen LogP contribution in [-0.4, -0.2) is 25.6 Å². The number of anilines is 1. The van der Waals surface area contributed by atoms with Crippen molar-refractivity contribution in [1.82, 2.24) is 5.32 Å². The van der Waals surface area contributed by atoms with Gasteiger partial charge in [-0.15, -0.1) is 0 Å². The average molecular weight is 328 g/mol. The smallest absolute Gasteiger partial charge is 0.257 e. The maximum atomic E-state index is 12.1.